The van der Waals surface area contributed by atoms with E-state index in [4.69, 9.17) is 0 Å². The maximum absolute atomic E-state index is 9.66. The molecule has 0 aromatic carbocycles. The number of hydrogen-bond donors (Lipinski definition) is 1. The van der Waals surface area contributed by atoms with Crippen molar-refractivity contribution in [3.05, 3.63) is 0 Å². The first kappa shape index (κ1) is 13.4. The third kappa shape index (κ3) is 3.03. The summed E-state index contributed by atoms with van der Waals surface area (Å²) in [5, 5.41) is 9.66. The van der Waals surface area contributed by atoms with Crippen molar-refractivity contribution in [3.63, 3.8) is 0 Å². The second-order valence-corrected chi connectivity index (χ2v) is 6.59. The number of likely N-dealkylation sites (tertiary alicyclic amines) is 1. The van der Waals surface area contributed by atoms with Crippen molar-refractivity contribution in [1.29, 1.82) is 0 Å². The van der Waals surface area contributed by atoms with Gasteiger partial charge in [0.1, 0.15) is 0 Å². The quantitative estimate of drug-likeness (QED) is 0.797. The fourth-order valence-electron chi connectivity index (χ4n) is 4.06. The van der Waals surface area contributed by atoms with E-state index in [9.17, 15) is 5.11 Å². The van der Waals surface area contributed by atoms with Crippen LogP contribution in [0.3, 0.4) is 0 Å². The zero-order valence-electron chi connectivity index (χ0n) is 11.6. The van der Waals surface area contributed by atoms with Gasteiger partial charge in [-0.05, 0) is 44.6 Å². The Morgan fingerprint density at radius 2 is 2.00 bits per heavy atom. The molecule has 17 heavy (non-hydrogen) atoms. The number of nitrogens with zero attached hydrogens (tertiary/aromatic N) is 1. The lowest BCUT2D eigenvalue weighted by Gasteiger charge is -2.42. The van der Waals surface area contributed by atoms with Crippen LogP contribution in [0.5, 0.6) is 0 Å². The third-order valence-electron chi connectivity index (χ3n) is 4.93. The number of aliphatic hydroxyl groups excluding tert-OH is 1. The van der Waals surface area contributed by atoms with Gasteiger partial charge in [-0.3, -0.25) is 4.90 Å². The van der Waals surface area contributed by atoms with Crippen LogP contribution in [0.1, 0.15) is 58.8 Å². The van der Waals surface area contributed by atoms with Gasteiger partial charge in [-0.15, -0.1) is 0 Å². The van der Waals surface area contributed by atoms with Gasteiger partial charge in [0.05, 0.1) is 0 Å². The van der Waals surface area contributed by atoms with Crippen LogP contribution < -0.4 is 0 Å². The van der Waals surface area contributed by atoms with E-state index in [1.807, 2.05) is 0 Å². The van der Waals surface area contributed by atoms with Gasteiger partial charge in [0.25, 0.3) is 0 Å². The van der Waals surface area contributed by atoms with Crippen molar-refractivity contribution in [2.24, 2.45) is 11.3 Å². The van der Waals surface area contributed by atoms with Crippen LogP contribution in [0.25, 0.3) is 0 Å². The first-order valence-electron chi connectivity index (χ1n) is 7.53. The standard InChI is InChI=1S/C15H29NO/c1-3-9-15(2,12-17)11-16-10-5-7-13-6-4-8-14(13)16/h13-14,17H,3-12H2,1-2H3. The lowest BCUT2D eigenvalue weighted by molar-refractivity contribution is 0.0306. The van der Waals surface area contributed by atoms with E-state index < -0.39 is 0 Å². The van der Waals surface area contributed by atoms with Gasteiger partial charge in [-0.1, -0.05) is 26.7 Å². The smallest absolute Gasteiger partial charge is 0.0497 e. The maximum atomic E-state index is 9.66. The maximum Gasteiger partial charge on any atom is 0.0497 e. The molecule has 0 radical (unpaired) electrons. The van der Waals surface area contributed by atoms with Crippen LogP contribution in [-0.4, -0.2) is 35.7 Å². The molecule has 0 aromatic rings. The molecule has 2 rings (SSSR count). The predicted octanol–water partition coefficient (Wildman–Crippen LogP) is 3.05. The Bertz CT molecular complexity index is 243. The molecule has 0 aromatic heterocycles. The highest BCUT2D eigenvalue weighted by atomic mass is 16.3. The molecule has 1 N–H and O–H groups in total. The third-order valence-corrected chi connectivity index (χ3v) is 4.93. The highest BCUT2D eigenvalue weighted by Crippen LogP contribution is 2.38. The summed E-state index contributed by atoms with van der Waals surface area (Å²) < 4.78 is 0. The summed E-state index contributed by atoms with van der Waals surface area (Å²) in [6, 6.07) is 0.839. The first-order chi connectivity index (χ1) is 8.18. The van der Waals surface area contributed by atoms with E-state index >= 15 is 0 Å². The lowest BCUT2D eigenvalue weighted by atomic mass is 9.83. The van der Waals surface area contributed by atoms with Gasteiger partial charge < -0.3 is 5.11 Å². The van der Waals surface area contributed by atoms with E-state index in [0.29, 0.717) is 6.61 Å². The van der Waals surface area contributed by atoms with E-state index in [1.165, 1.54) is 45.1 Å². The van der Waals surface area contributed by atoms with Crippen LogP contribution in [0.2, 0.25) is 0 Å². The molecule has 2 heteroatoms. The van der Waals surface area contributed by atoms with Gasteiger partial charge in [0.15, 0.2) is 0 Å². The van der Waals surface area contributed by atoms with Crippen molar-refractivity contribution in [2.75, 3.05) is 19.7 Å². The van der Waals surface area contributed by atoms with Crippen LogP contribution in [0, 0.1) is 11.3 Å². The van der Waals surface area contributed by atoms with Crippen LogP contribution in [-0.2, 0) is 0 Å². The SMILES string of the molecule is CCCC(C)(CO)CN1CCCC2CCCC21. The highest BCUT2D eigenvalue weighted by molar-refractivity contribution is 4.91. The fraction of sp³-hybridized carbons (Fsp3) is 1.00. The summed E-state index contributed by atoms with van der Waals surface area (Å²) in [5.41, 5.74) is 0.124. The molecule has 3 unspecified atom stereocenters. The Morgan fingerprint density at radius 1 is 1.24 bits per heavy atom. The van der Waals surface area contributed by atoms with E-state index in [-0.39, 0.29) is 5.41 Å². The van der Waals surface area contributed by atoms with Crippen LogP contribution >= 0.6 is 0 Å². The Labute approximate surface area is 106 Å². The summed E-state index contributed by atoms with van der Waals surface area (Å²) in [4.78, 5) is 2.70. The normalized spacial score (nSPS) is 33.4. The van der Waals surface area contributed by atoms with Gasteiger partial charge in [-0.25, -0.2) is 0 Å². The van der Waals surface area contributed by atoms with Crippen molar-refractivity contribution in [3.8, 4) is 0 Å². The average Bonchev–Trinajstić information content (AvgIpc) is 2.78. The number of aliphatic hydroxyl groups is 1. The Kier molecular flexibility index (Phi) is 4.48. The highest BCUT2D eigenvalue weighted by Gasteiger charge is 2.37. The molecular weight excluding hydrogens is 210 g/mol. The molecule has 0 spiro atoms. The van der Waals surface area contributed by atoms with Crippen LogP contribution in [0.4, 0.5) is 0 Å². The average molecular weight is 239 g/mol. The fourth-order valence-corrected chi connectivity index (χ4v) is 4.06. The molecule has 0 amide bonds. The molecule has 3 atom stereocenters. The molecule has 1 saturated heterocycles. The van der Waals surface area contributed by atoms with Crippen molar-refractivity contribution < 1.29 is 5.11 Å². The largest absolute Gasteiger partial charge is 0.396 e. The second kappa shape index (κ2) is 5.71. The Morgan fingerprint density at radius 3 is 2.71 bits per heavy atom. The summed E-state index contributed by atoms with van der Waals surface area (Å²) >= 11 is 0. The number of hydrogen-bond acceptors (Lipinski definition) is 2. The van der Waals surface area contributed by atoms with E-state index in [1.54, 1.807) is 0 Å². The molecule has 1 aliphatic heterocycles. The molecule has 2 aliphatic rings. The number of piperidine rings is 1. The minimum absolute atomic E-state index is 0.124. The monoisotopic (exact) mass is 239 g/mol. The van der Waals surface area contributed by atoms with Gasteiger partial charge >= 0.3 is 0 Å². The molecule has 1 heterocycles. The topological polar surface area (TPSA) is 23.5 Å². The second-order valence-electron chi connectivity index (χ2n) is 6.59. The van der Waals surface area contributed by atoms with Gasteiger partial charge in [0, 0.05) is 24.6 Å². The molecule has 0 bridgehead atoms. The molecule has 2 fully saturated rings. The first-order valence-corrected chi connectivity index (χ1v) is 7.53. The molecule has 1 aliphatic carbocycles. The van der Waals surface area contributed by atoms with Crippen molar-refractivity contribution >= 4 is 0 Å². The molecule has 1 saturated carbocycles. The van der Waals surface area contributed by atoms with Gasteiger partial charge in [-0.2, -0.15) is 0 Å². The van der Waals surface area contributed by atoms with E-state index in [0.717, 1.165) is 24.9 Å². The molecule has 2 nitrogen and oxygen atoms in total. The lowest BCUT2D eigenvalue weighted by Crippen LogP contribution is -2.48. The van der Waals surface area contributed by atoms with Crippen molar-refractivity contribution in [2.45, 2.75) is 64.8 Å². The van der Waals surface area contributed by atoms with Gasteiger partial charge in [0.2, 0.25) is 0 Å². The molecular formula is C15H29NO. The minimum Gasteiger partial charge on any atom is -0.396 e. The number of fused-ring (bicyclic) bond motifs is 1. The summed E-state index contributed by atoms with van der Waals surface area (Å²) in [6.45, 7) is 7.20. The predicted molar refractivity (Wildman–Crippen MR) is 72.0 cm³/mol. The number of rotatable bonds is 5. The zero-order chi connectivity index (χ0) is 12.3. The Balaban J connectivity index is 1.96. The summed E-state index contributed by atoms with van der Waals surface area (Å²) in [5.74, 6) is 0.966. The van der Waals surface area contributed by atoms with Crippen molar-refractivity contribution in [1.82, 2.24) is 4.90 Å². The molecule has 100 valence electrons. The van der Waals surface area contributed by atoms with E-state index in [2.05, 4.69) is 18.7 Å². The van der Waals surface area contributed by atoms with Crippen LogP contribution in [0.15, 0.2) is 0 Å². The Hall–Kier alpha value is -0.0800. The summed E-state index contributed by atoms with van der Waals surface area (Å²) in [6.07, 6.45) is 9.43. The minimum atomic E-state index is 0.124. The summed E-state index contributed by atoms with van der Waals surface area (Å²) in [7, 11) is 0. The zero-order valence-corrected chi connectivity index (χ0v) is 11.6.